The molecule has 1 amide bonds. The molecule has 0 aliphatic carbocycles. The van der Waals surface area contributed by atoms with E-state index in [2.05, 4.69) is 15.0 Å². The Balaban J connectivity index is 1.81. The molecule has 148 valence electrons. The fourth-order valence-corrected chi connectivity index (χ4v) is 4.74. The molecule has 0 spiro atoms. The van der Waals surface area contributed by atoms with E-state index < -0.39 is 15.9 Å². The van der Waals surface area contributed by atoms with E-state index in [1.54, 1.807) is 24.3 Å². The van der Waals surface area contributed by atoms with Gasteiger partial charge < -0.3 is 10.1 Å². The number of halogens is 1. The normalized spacial score (nSPS) is 13.7. The Morgan fingerprint density at radius 2 is 2.00 bits per heavy atom. The van der Waals surface area contributed by atoms with Crippen molar-refractivity contribution in [2.24, 2.45) is 4.99 Å². The summed E-state index contributed by atoms with van der Waals surface area (Å²) in [5, 5.41) is 3.20. The molecule has 0 atom stereocenters. The number of rotatable bonds is 6. The summed E-state index contributed by atoms with van der Waals surface area (Å²) in [7, 11) is -3.99. The SMILES string of the molecule is CCOc1ccc(NS(=O)(=O)c2cc(C(=O)NC3=NCCS3)ccc2Cl)cc1. The third kappa shape index (κ3) is 4.98. The summed E-state index contributed by atoms with van der Waals surface area (Å²) in [6.07, 6.45) is 0. The molecule has 3 rings (SSSR count). The number of carbonyl (C=O) groups is 1. The van der Waals surface area contributed by atoms with Crippen LogP contribution in [0.1, 0.15) is 17.3 Å². The fraction of sp³-hybridized carbons (Fsp3) is 0.222. The van der Waals surface area contributed by atoms with E-state index in [4.69, 9.17) is 16.3 Å². The monoisotopic (exact) mass is 439 g/mol. The van der Waals surface area contributed by atoms with Gasteiger partial charge in [-0.25, -0.2) is 8.42 Å². The number of benzene rings is 2. The summed E-state index contributed by atoms with van der Waals surface area (Å²) in [6.45, 7) is 3.02. The first-order chi connectivity index (χ1) is 13.4. The van der Waals surface area contributed by atoms with Crippen molar-refractivity contribution in [3.63, 3.8) is 0 Å². The summed E-state index contributed by atoms with van der Waals surface area (Å²) in [5.41, 5.74) is 0.526. The molecule has 1 aliphatic rings. The number of nitrogens with zero attached hydrogens (tertiary/aromatic N) is 1. The molecule has 0 bridgehead atoms. The van der Waals surface area contributed by atoms with E-state index in [9.17, 15) is 13.2 Å². The molecule has 0 saturated carbocycles. The lowest BCUT2D eigenvalue weighted by molar-refractivity contribution is 0.0978. The summed E-state index contributed by atoms with van der Waals surface area (Å²) < 4.78 is 33.3. The molecule has 0 saturated heterocycles. The minimum atomic E-state index is -3.99. The van der Waals surface area contributed by atoms with Crippen LogP contribution in [-0.2, 0) is 10.0 Å². The molecule has 1 aliphatic heterocycles. The fourth-order valence-electron chi connectivity index (χ4n) is 2.43. The van der Waals surface area contributed by atoms with Crippen molar-refractivity contribution >= 4 is 50.1 Å². The van der Waals surface area contributed by atoms with Crippen molar-refractivity contribution in [1.82, 2.24) is 5.32 Å². The third-order valence-electron chi connectivity index (χ3n) is 3.71. The van der Waals surface area contributed by atoms with E-state index >= 15 is 0 Å². The largest absolute Gasteiger partial charge is 0.494 e. The number of thioether (sulfide) groups is 1. The number of aliphatic imine (C=N–C) groups is 1. The van der Waals surface area contributed by atoms with E-state index in [0.717, 1.165) is 5.75 Å². The first-order valence-corrected chi connectivity index (χ1v) is 11.3. The van der Waals surface area contributed by atoms with Crippen LogP contribution in [0.25, 0.3) is 0 Å². The zero-order valence-corrected chi connectivity index (χ0v) is 17.3. The molecule has 28 heavy (non-hydrogen) atoms. The molecule has 1 heterocycles. The van der Waals surface area contributed by atoms with Gasteiger partial charge in [-0.05, 0) is 49.4 Å². The van der Waals surface area contributed by atoms with Crippen molar-refractivity contribution in [2.75, 3.05) is 23.6 Å². The average molecular weight is 440 g/mol. The Labute approximate surface area is 172 Å². The zero-order chi connectivity index (χ0) is 20.1. The highest BCUT2D eigenvalue weighted by atomic mass is 35.5. The van der Waals surface area contributed by atoms with Gasteiger partial charge in [-0.2, -0.15) is 0 Å². The zero-order valence-electron chi connectivity index (χ0n) is 14.9. The lowest BCUT2D eigenvalue weighted by Gasteiger charge is -2.12. The molecule has 0 radical (unpaired) electrons. The lowest BCUT2D eigenvalue weighted by Crippen LogP contribution is -2.27. The molecule has 0 fully saturated rings. The first kappa shape index (κ1) is 20.5. The Bertz CT molecular complexity index is 1010. The van der Waals surface area contributed by atoms with Crippen LogP contribution < -0.4 is 14.8 Å². The Kier molecular flexibility index (Phi) is 6.48. The van der Waals surface area contributed by atoms with Gasteiger partial charge in [0, 0.05) is 17.0 Å². The Hall–Kier alpha value is -2.23. The predicted octanol–water partition coefficient (Wildman–Crippen LogP) is 3.37. The van der Waals surface area contributed by atoms with Crippen LogP contribution in [0.2, 0.25) is 5.02 Å². The second-order valence-corrected chi connectivity index (χ2v) is 8.84. The van der Waals surface area contributed by atoms with Crippen molar-refractivity contribution < 1.29 is 17.9 Å². The summed E-state index contributed by atoms with van der Waals surface area (Å²) in [4.78, 5) is 16.3. The van der Waals surface area contributed by atoms with Gasteiger partial charge >= 0.3 is 0 Å². The highest BCUT2D eigenvalue weighted by Gasteiger charge is 2.21. The van der Waals surface area contributed by atoms with Crippen molar-refractivity contribution in [2.45, 2.75) is 11.8 Å². The van der Waals surface area contributed by atoms with Crippen LogP contribution in [0.3, 0.4) is 0 Å². The number of hydrogen-bond donors (Lipinski definition) is 2. The number of ether oxygens (including phenoxy) is 1. The molecular weight excluding hydrogens is 422 g/mol. The third-order valence-corrected chi connectivity index (χ3v) is 6.46. The predicted molar refractivity (Wildman–Crippen MR) is 112 cm³/mol. The van der Waals surface area contributed by atoms with Crippen LogP contribution >= 0.6 is 23.4 Å². The van der Waals surface area contributed by atoms with E-state index in [1.807, 2.05) is 6.92 Å². The number of amidine groups is 1. The second-order valence-electron chi connectivity index (χ2n) is 5.70. The molecule has 2 N–H and O–H groups in total. The topological polar surface area (TPSA) is 96.9 Å². The molecular formula is C18H18ClN3O4S2. The van der Waals surface area contributed by atoms with Crippen LogP contribution in [0.4, 0.5) is 5.69 Å². The maximum Gasteiger partial charge on any atom is 0.263 e. The highest BCUT2D eigenvalue weighted by Crippen LogP contribution is 2.26. The van der Waals surface area contributed by atoms with Gasteiger partial charge in [0.1, 0.15) is 10.6 Å². The smallest absolute Gasteiger partial charge is 0.263 e. The second kappa shape index (κ2) is 8.85. The highest BCUT2D eigenvalue weighted by molar-refractivity contribution is 8.14. The van der Waals surface area contributed by atoms with Gasteiger partial charge in [-0.1, -0.05) is 23.4 Å². The van der Waals surface area contributed by atoms with Crippen molar-refractivity contribution in [3.05, 3.63) is 53.1 Å². The van der Waals surface area contributed by atoms with Gasteiger partial charge in [0.2, 0.25) is 0 Å². The maximum absolute atomic E-state index is 12.8. The summed E-state index contributed by atoms with van der Waals surface area (Å²) >= 11 is 7.53. The van der Waals surface area contributed by atoms with E-state index in [1.165, 1.54) is 30.0 Å². The number of sulfonamides is 1. The van der Waals surface area contributed by atoms with E-state index in [-0.39, 0.29) is 15.5 Å². The minimum absolute atomic E-state index is 0.0163. The number of nitrogens with one attached hydrogen (secondary N) is 2. The first-order valence-electron chi connectivity index (χ1n) is 8.43. The van der Waals surface area contributed by atoms with Crippen LogP contribution in [0.15, 0.2) is 52.4 Å². The van der Waals surface area contributed by atoms with Gasteiger partial charge in [0.05, 0.1) is 18.2 Å². The molecule has 2 aromatic rings. The number of anilines is 1. The Morgan fingerprint density at radius 3 is 2.64 bits per heavy atom. The van der Waals surface area contributed by atoms with Gasteiger partial charge in [0.25, 0.3) is 15.9 Å². The van der Waals surface area contributed by atoms with Crippen molar-refractivity contribution in [1.29, 1.82) is 0 Å². The molecule has 2 aromatic carbocycles. The van der Waals surface area contributed by atoms with Crippen molar-refractivity contribution in [3.8, 4) is 5.75 Å². The average Bonchev–Trinajstić information content (AvgIpc) is 3.16. The van der Waals surface area contributed by atoms with Gasteiger partial charge in [0.15, 0.2) is 5.17 Å². The lowest BCUT2D eigenvalue weighted by atomic mass is 10.2. The number of carbonyl (C=O) groups excluding carboxylic acids is 1. The van der Waals surface area contributed by atoms with Gasteiger partial charge in [-0.15, -0.1) is 0 Å². The quantitative estimate of drug-likeness (QED) is 0.719. The van der Waals surface area contributed by atoms with Crippen LogP contribution in [0.5, 0.6) is 5.75 Å². The summed E-state index contributed by atoms with van der Waals surface area (Å²) in [6, 6.07) is 10.6. The van der Waals surface area contributed by atoms with Gasteiger partial charge in [-0.3, -0.25) is 14.5 Å². The number of hydrogen-bond acceptors (Lipinski definition) is 6. The molecule has 0 aromatic heterocycles. The van der Waals surface area contributed by atoms with Crippen LogP contribution in [-0.4, -0.2) is 38.4 Å². The molecule has 7 nitrogen and oxygen atoms in total. The van der Waals surface area contributed by atoms with E-state index in [0.29, 0.717) is 29.8 Å². The number of amides is 1. The van der Waals surface area contributed by atoms with Crippen LogP contribution in [0, 0.1) is 0 Å². The maximum atomic E-state index is 12.8. The standard InChI is InChI=1S/C18H18ClN3O4S2/c1-2-26-14-6-4-13(5-7-14)22-28(24,25)16-11-12(3-8-15(16)19)17(23)21-18-20-9-10-27-18/h3-8,11,22H,2,9-10H2,1H3,(H,20,21,23). The molecule has 10 heteroatoms. The summed E-state index contributed by atoms with van der Waals surface area (Å²) in [5.74, 6) is 0.999. The Morgan fingerprint density at radius 1 is 1.25 bits per heavy atom. The minimum Gasteiger partial charge on any atom is -0.494 e. The molecule has 0 unspecified atom stereocenters.